The predicted molar refractivity (Wildman–Crippen MR) is 59.6 cm³/mol. The molecule has 1 fully saturated rings. The van der Waals surface area contributed by atoms with Gasteiger partial charge >= 0.3 is 6.18 Å². The van der Waals surface area contributed by atoms with Gasteiger partial charge in [-0.1, -0.05) is 5.16 Å². The maximum Gasteiger partial charge on any atom is 0.404 e. The molecule has 19 heavy (non-hydrogen) atoms. The molecule has 0 spiro atoms. The van der Waals surface area contributed by atoms with Gasteiger partial charge < -0.3 is 14.6 Å². The number of aromatic nitrogens is 2. The third kappa shape index (κ3) is 2.23. The second-order valence-electron chi connectivity index (χ2n) is 5.14. The molecule has 0 saturated carbocycles. The summed E-state index contributed by atoms with van der Waals surface area (Å²) in [5, 5.41) is 6.32. The van der Waals surface area contributed by atoms with Gasteiger partial charge in [-0.25, -0.2) is 0 Å². The zero-order valence-corrected chi connectivity index (χ0v) is 11.0. The Morgan fingerprint density at radius 1 is 1.37 bits per heavy atom. The molecule has 1 aliphatic rings. The Labute approximate surface area is 108 Å². The number of hydrogen-bond acceptors (Lipinski definition) is 5. The van der Waals surface area contributed by atoms with Crippen molar-refractivity contribution in [2.24, 2.45) is 0 Å². The summed E-state index contributed by atoms with van der Waals surface area (Å²) in [5.74, 6) is -0.286. The molecule has 2 rings (SSSR count). The maximum absolute atomic E-state index is 13.3. The van der Waals surface area contributed by atoms with Crippen LogP contribution < -0.4 is 5.32 Å². The largest absolute Gasteiger partial charge is 0.404 e. The highest BCUT2D eigenvalue weighted by Gasteiger charge is 2.61. The van der Waals surface area contributed by atoms with Gasteiger partial charge in [0.25, 0.3) is 0 Å². The number of nitrogens with one attached hydrogen (secondary N) is 1. The first kappa shape index (κ1) is 14.3. The Morgan fingerprint density at radius 2 is 2.05 bits per heavy atom. The lowest BCUT2D eigenvalue weighted by atomic mass is 9.86. The van der Waals surface area contributed by atoms with Crippen LogP contribution in [-0.2, 0) is 15.8 Å². The molecule has 5 nitrogen and oxygen atoms in total. The molecule has 1 unspecified atom stereocenters. The van der Waals surface area contributed by atoms with Crippen LogP contribution in [-0.4, -0.2) is 36.5 Å². The molecule has 1 N–H and O–H groups in total. The standard InChI is InChI=1S/C11H16F3N3O2/c1-9(2,18-3)7-16-8(19-17-7)10(11(12,13)14)4-5-15-6-10/h15H,4-6H2,1-3H3. The first-order valence-corrected chi connectivity index (χ1v) is 5.90. The highest BCUT2D eigenvalue weighted by atomic mass is 19.4. The Kier molecular flexibility index (Phi) is 3.34. The summed E-state index contributed by atoms with van der Waals surface area (Å²) in [6, 6.07) is 0. The van der Waals surface area contributed by atoms with E-state index >= 15 is 0 Å². The van der Waals surface area contributed by atoms with Crippen LogP contribution in [0.4, 0.5) is 13.2 Å². The molecule has 0 bridgehead atoms. The van der Waals surface area contributed by atoms with E-state index in [1.165, 1.54) is 7.11 Å². The summed E-state index contributed by atoms with van der Waals surface area (Å²) in [6.07, 6.45) is -4.54. The second kappa shape index (κ2) is 4.45. The third-order valence-electron chi connectivity index (χ3n) is 3.58. The summed E-state index contributed by atoms with van der Waals surface area (Å²) in [7, 11) is 1.44. The third-order valence-corrected chi connectivity index (χ3v) is 3.58. The van der Waals surface area contributed by atoms with Crippen molar-refractivity contribution in [3.05, 3.63) is 11.7 Å². The van der Waals surface area contributed by atoms with E-state index in [2.05, 4.69) is 15.5 Å². The molecule has 0 aromatic carbocycles. The lowest BCUT2D eigenvalue weighted by molar-refractivity contribution is -0.191. The number of alkyl halides is 3. The van der Waals surface area contributed by atoms with Crippen molar-refractivity contribution in [1.82, 2.24) is 15.5 Å². The molecule has 108 valence electrons. The van der Waals surface area contributed by atoms with Crippen LogP contribution in [0, 0.1) is 0 Å². The van der Waals surface area contributed by atoms with Crippen molar-refractivity contribution in [1.29, 1.82) is 0 Å². The Balaban J connectivity index is 2.41. The Morgan fingerprint density at radius 3 is 2.53 bits per heavy atom. The first-order valence-electron chi connectivity index (χ1n) is 5.90. The smallest absolute Gasteiger partial charge is 0.371 e. The number of rotatable bonds is 3. The van der Waals surface area contributed by atoms with Crippen molar-refractivity contribution in [3.8, 4) is 0 Å². The number of ether oxygens (including phenoxy) is 1. The fraction of sp³-hybridized carbons (Fsp3) is 0.818. The highest BCUT2D eigenvalue weighted by molar-refractivity contribution is 5.15. The number of hydrogen-bond donors (Lipinski definition) is 1. The lowest BCUT2D eigenvalue weighted by Gasteiger charge is -2.26. The molecule has 0 aliphatic carbocycles. The number of halogens is 3. The fourth-order valence-electron chi connectivity index (χ4n) is 1.99. The van der Waals surface area contributed by atoms with Crippen LogP contribution in [0.15, 0.2) is 4.52 Å². The zero-order chi connectivity index (χ0) is 14.3. The molecule has 8 heteroatoms. The van der Waals surface area contributed by atoms with E-state index in [9.17, 15) is 13.2 Å². The summed E-state index contributed by atoms with van der Waals surface area (Å²) in [6.45, 7) is 3.35. The molecular weight excluding hydrogens is 263 g/mol. The summed E-state index contributed by atoms with van der Waals surface area (Å²) < 4.78 is 49.9. The average molecular weight is 279 g/mol. The monoisotopic (exact) mass is 279 g/mol. The molecule has 1 aromatic rings. The molecule has 2 heterocycles. The maximum atomic E-state index is 13.3. The zero-order valence-electron chi connectivity index (χ0n) is 11.0. The Bertz CT molecular complexity index is 450. The molecule has 1 saturated heterocycles. The van der Waals surface area contributed by atoms with Gasteiger partial charge in [-0.3, -0.25) is 0 Å². The van der Waals surface area contributed by atoms with Crippen LogP contribution in [0.3, 0.4) is 0 Å². The van der Waals surface area contributed by atoms with E-state index < -0.39 is 23.1 Å². The lowest BCUT2D eigenvalue weighted by Crippen LogP contribution is -2.44. The average Bonchev–Trinajstić information content (AvgIpc) is 2.97. The normalized spacial score (nSPS) is 24.9. The molecule has 1 aromatic heterocycles. The van der Waals surface area contributed by atoms with E-state index in [1.54, 1.807) is 13.8 Å². The quantitative estimate of drug-likeness (QED) is 0.913. The van der Waals surface area contributed by atoms with Gasteiger partial charge in [0.1, 0.15) is 5.60 Å². The topological polar surface area (TPSA) is 60.2 Å². The molecule has 0 radical (unpaired) electrons. The van der Waals surface area contributed by atoms with Gasteiger partial charge in [0.15, 0.2) is 5.41 Å². The van der Waals surface area contributed by atoms with Gasteiger partial charge in [-0.05, 0) is 26.8 Å². The van der Waals surface area contributed by atoms with Crippen molar-refractivity contribution in [2.45, 2.75) is 37.5 Å². The SMILES string of the molecule is COC(C)(C)c1noc(C2(C(F)(F)F)CCNC2)n1. The summed E-state index contributed by atoms with van der Waals surface area (Å²) >= 11 is 0. The van der Waals surface area contributed by atoms with Gasteiger partial charge in [0.05, 0.1) is 0 Å². The van der Waals surface area contributed by atoms with Crippen LogP contribution in [0.25, 0.3) is 0 Å². The number of methoxy groups -OCH3 is 1. The van der Waals surface area contributed by atoms with Crippen molar-refractivity contribution >= 4 is 0 Å². The van der Waals surface area contributed by atoms with Crippen LogP contribution in [0.5, 0.6) is 0 Å². The molecule has 1 atom stereocenters. The van der Waals surface area contributed by atoms with Gasteiger partial charge in [0, 0.05) is 13.7 Å². The molecule has 1 aliphatic heterocycles. The fourth-order valence-corrected chi connectivity index (χ4v) is 1.99. The van der Waals surface area contributed by atoms with E-state index in [1.807, 2.05) is 0 Å². The first-order chi connectivity index (χ1) is 8.73. The van der Waals surface area contributed by atoms with Gasteiger partial charge in [0.2, 0.25) is 11.7 Å². The van der Waals surface area contributed by atoms with E-state index in [0.29, 0.717) is 0 Å². The van der Waals surface area contributed by atoms with Crippen molar-refractivity contribution in [2.75, 3.05) is 20.2 Å². The van der Waals surface area contributed by atoms with E-state index in [0.717, 1.165) is 0 Å². The van der Waals surface area contributed by atoms with Gasteiger partial charge in [-0.15, -0.1) is 0 Å². The molecule has 0 amide bonds. The minimum absolute atomic E-state index is 0.106. The predicted octanol–water partition coefficient (Wildman–Crippen LogP) is 1.74. The number of nitrogens with zero attached hydrogens (tertiary/aromatic N) is 2. The van der Waals surface area contributed by atoms with Crippen LogP contribution in [0.2, 0.25) is 0 Å². The second-order valence-corrected chi connectivity index (χ2v) is 5.14. The van der Waals surface area contributed by atoms with E-state index in [4.69, 9.17) is 9.26 Å². The van der Waals surface area contributed by atoms with Crippen molar-refractivity contribution in [3.63, 3.8) is 0 Å². The minimum atomic E-state index is -4.43. The Hall–Kier alpha value is -1.15. The highest BCUT2D eigenvalue weighted by Crippen LogP contribution is 2.45. The van der Waals surface area contributed by atoms with Gasteiger partial charge in [-0.2, -0.15) is 18.2 Å². The summed E-state index contributed by atoms with van der Waals surface area (Å²) in [4.78, 5) is 3.91. The molecular formula is C11H16F3N3O2. The van der Waals surface area contributed by atoms with Crippen LogP contribution >= 0.6 is 0 Å². The summed E-state index contributed by atoms with van der Waals surface area (Å²) in [5.41, 5.74) is -2.98. The van der Waals surface area contributed by atoms with Crippen molar-refractivity contribution < 1.29 is 22.4 Å². The van der Waals surface area contributed by atoms with E-state index in [-0.39, 0.29) is 25.3 Å². The van der Waals surface area contributed by atoms with Crippen LogP contribution in [0.1, 0.15) is 32.0 Å². The minimum Gasteiger partial charge on any atom is -0.371 e.